The maximum atomic E-state index is 11.9. The Labute approximate surface area is 141 Å². The molecule has 2 aromatic carbocycles. The van der Waals surface area contributed by atoms with Gasteiger partial charge in [0.05, 0.1) is 6.42 Å². The Hall–Kier alpha value is -2.38. The van der Waals surface area contributed by atoms with Gasteiger partial charge < -0.3 is 15.7 Å². The first-order chi connectivity index (χ1) is 11.4. The summed E-state index contributed by atoms with van der Waals surface area (Å²) in [5.41, 5.74) is 13.3. The van der Waals surface area contributed by atoms with E-state index in [1.54, 1.807) is 24.3 Å². The van der Waals surface area contributed by atoms with E-state index < -0.39 is 22.1 Å². The van der Waals surface area contributed by atoms with Crippen LogP contribution >= 0.6 is 0 Å². The molecule has 2 aromatic rings. The Morgan fingerprint density at radius 1 is 1.08 bits per heavy atom. The predicted octanol–water partition coefficient (Wildman–Crippen LogP) is 1.85. The van der Waals surface area contributed by atoms with E-state index in [1.807, 2.05) is 18.2 Å². The predicted molar refractivity (Wildman–Crippen MR) is 91.5 cm³/mol. The molecule has 1 atom stereocenters. The summed E-state index contributed by atoms with van der Waals surface area (Å²) in [5.74, 6) is -0.862. The minimum atomic E-state index is -4.10. The maximum Gasteiger partial charge on any atom is 0.341 e. The van der Waals surface area contributed by atoms with Gasteiger partial charge >= 0.3 is 16.1 Å². The standard InChI is InChI=1S/C17H20N2O4S/c18-14-6-4-5-13(11-14)9-10-15(19)12-17(20)23-24(21,22)16-7-2-1-3-8-16/h1-8,11,15H,9-10,12,18-19H2. The number of hydrogen-bond acceptors (Lipinski definition) is 6. The van der Waals surface area contributed by atoms with E-state index in [9.17, 15) is 13.2 Å². The van der Waals surface area contributed by atoms with Crippen molar-refractivity contribution in [1.29, 1.82) is 0 Å². The normalized spacial score (nSPS) is 12.5. The van der Waals surface area contributed by atoms with Crippen LogP contribution in [0.5, 0.6) is 0 Å². The lowest BCUT2D eigenvalue weighted by molar-refractivity contribution is -0.134. The summed E-state index contributed by atoms with van der Waals surface area (Å²) in [7, 11) is -4.10. The van der Waals surface area contributed by atoms with Gasteiger partial charge in [0, 0.05) is 11.7 Å². The monoisotopic (exact) mass is 348 g/mol. The first-order valence-electron chi connectivity index (χ1n) is 7.49. The van der Waals surface area contributed by atoms with Gasteiger partial charge in [-0.3, -0.25) is 4.79 Å². The number of nitrogen functional groups attached to an aromatic ring is 1. The number of benzene rings is 2. The molecule has 4 N–H and O–H groups in total. The third-order valence-electron chi connectivity index (χ3n) is 3.42. The van der Waals surface area contributed by atoms with Crippen LogP contribution in [0.1, 0.15) is 18.4 Å². The van der Waals surface area contributed by atoms with Crippen LogP contribution < -0.4 is 11.5 Å². The summed E-state index contributed by atoms with van der Waals surface area (Å²) in [6, 6.07) is 14.4. The second kappa shape index (κ2) is 7.94. The highest BCUT2D eigenvalue weighted by Crippen LogP contribution is 2.14. The Kier molecular flexibility index (Phi) is 5.94. The first-order valence-corrected chi connectivity index (χ1v) is 8.90. The van der Waals surface area contributed by atoms with E-state index in [2.05, 4.69) is 4.18 Å². The molecule has 6 nitrogen and oxygen atoms in total. The van der Waals surface area contributed by atoms with Crippen LogP contribution in [0, 0.1) is 0 Å². The van der Waals surface area contributed by atoms with Crippen molar-refractivity contribution >= 4 is 21.8 Å². The number of hydrogen-bond donors (Lipinski definition) is 2. The molecular formula is C17H20N2O4S. The van der Waals surface area contributed by atoms with Gasteiger partial charge in [-0.1, -0.05) is 30.3 Å². The van der Waals surface area contributed by atoms with Gasteiger partial charge in [-0.25, -0.2) is 0 Å². The molecule has 1 unspecified atom stereocenters. The summed E-state index contributed by atoms with van der Waals surface area (Å²) in [4.78, 5) is 11.7. The van der Waals surface area contributed by atoms with E-state index in [4.69, 9.17) is 11.5 Å². The minimum Gasteiger partial charge on any atom is -0.399 e. The van der Waals surface area contributed by atoms with E-state index >= 15 is 0 Å². The van der Waals surface area contributed by atoms with Crippen molar-refractivity contribution in [2.75, 3.05) is 5.73 Å². The van der Waals surface area contributed by atoms with Gasteiger partial charge in [-0.05, 0) is 42.7 Å². The molecule has 0 spiro atoms. The highest BCUT2D eigenvalue weighted by atomic mass is 32.2. The number of aryl methyl sites for hydroxylation is 1. The fourth-order valence-corrected chi connectivity index (χ4v) is 3.11. The molecule has 24 heavy (non-hydrogen) atoms. The smallest absolute Gasteiger partial charge is 0.341 e. The zero-order chi connectivity index (χ0) is 17.6. The number of nitrogens with two attached hydrogens (primary N) is 2. The Balaban J connectivity index is 1.85. The Morgan fingerprint density at radius 2 is 1.79 bits per heavy atom. The minimum absolute atomic E-state index is 0.0633. The lowest BCUT2D eigenvalue weighted by Crippen LogP contribution is -2.26. The summed E-state index contributed by atoms with van der Waals surface area (Å²) < 4.78 is 28.5. The quantitative estimate of drug-likeness (QED) is 0.583. The number of anilines is 1. The van der Waals surface area contributed by atoms with Gasteiger partial charge in [-0.15, -0.1) is 0 Å². The lowest BCUT2D eigenvalue weighted by atomic mass is 10.0. The second-order valence-electron chi connectivity index (χ2n) is 5.47. The van der Waals surface area contributed by atoms with Crippen LogP contribution in [0.15, 0.2) is 59.5 Å². The van der Waals surface area contributed by atoms with Gasteiger partial charge in [0.15, 0.2) is 0 Å². The molecule has 0 aliphatic rings. The van der Waals surface area contributed by atoms with E-state index in [0.29, 0.717) is 18.5 Å². The van der Waals surface area contributed by atoms with Crippen molar-refractivity contribution in [1.82, 2.24) is 0 Å². The van der Waals surface area contributed by atoms with Crippen LogP contribution in [0.25, 0.3) is 0 Å². The summed E-state index contributed by atoms with van der Waals surface area (Å²) in [6.07, 6.45) is 0.989. The molecule has 0 aromatic heterocycles. The largest absolute Gasteiger partial charge is 0.399 e. The molecule has 0 saturated heterocycles. The van der Waals surface area contributed by atoms with Gasteiger partial charge in [0.2, 0.25) is 0 Å². The van der Waals surface area contributed by atoms with Crippen molar-refractivity contribution in [2.24, 2.45) is 5.73 Å². The van der Waals surface area contributed by atoms with Crippen molar-refractivity contribution in [2.45, 2.75) is 30.2 Å². The first kappa shape index (κ1) is 18.0. The van der Waals surface area contributed by atoms with Crippen molar-refractivity contribution < 1.29 is 17.4 Å². The van der Waals surface area contributed by atoms with E-state index in [1.165, 1.54) is 12.1 Å². The Bertz CT molecular complexity index is 791. The Morgan fingerprint density at radius 3 is 2.46 bits per heavy atom. The molecule has 7 heteroatoms. The maximum absolute atomic E-state index is 11.9. The van der Waals surface area contributed by atoms with Crippen LogP contribution in [0.4, 0.5) is 5.69 Å². The molecule has 0 bridgehead atoms. The van der Waals surface area contributed by atoms with Gasteiger partial charge in [0.25, 0.3) is 0 Å². The zero-order valence-electron chi connectivity index (χ0n) is 13.1. The third kappa shape index (κ3) is 5.36. The fraction of sp³-hybridized carbons (Fsp3) is 0.235. The van der Waals surface area contributed by atoms with Crippen LogP contribution in [0.2, 0.25) is 0 Å². The van der Waals surface area contributed by atoms with Crippen molar-refractivity contribution in [3.05, 3.63) is 60.2 Å². The average Bonchev–Trinajstić information content (AvgIpc) is 2.53. The molecule has 0 heterocycles. The van der Waals surface area contributed by atoms with E-state index in [-0.39, 0.29) is 11.3 Å². The number of carbonyl (C=O) groups excluding carboxylic acids is 1. The second-order valence-corrected chi connectivity index (χ2v) is 7.02. The molecule has 0 aliphatic carbocycles. The van der Waals surface area contributed by atoms with Gasteiger partial charge in [-0.2, -0.15) is 8.42 Å². The summed E-state index contributed by atoms with van der Waals surface area (Å²) in [5, 5.41) is 0. The lowest BCUT2D eigenvalue weighted by Gasteiger charge is -2.11. The van der Waals surface area contributed by atoms with Crippen molar-refractivity contribution in [3.8, 4) is 0 Å². The molecule has 0 aliphatic heterocycles. The van der Waals surface area contributed by atoms with Gasteiger partial charge in [0.1, 0.15) is 4.90 Å². The molecule has 0 amide bonds. The molecule has 2 rings (SSSR count). The summed E-state index contributed by atoms with van der Waals surface area (Å²) in [6.45, 7) is 0. The molecular weight excluding hydrogens is 328 g/mol. The molecule has 0 saturated carbocycles. The fourth-order valence-electron chi connectivity index (χ4n) is 2.21. The highest BCUT2D eigenvalue weighted by molar-refractivity contribution is 7.87. The van der Waals surface area contributed by atoms with Crippen LogP contribution in [0.3, 0.4) is 0 Å². The number of rotatable bonds is 7. The topological polar surface area (TPSA) is 112 Å². The average molecular weight is 348 g/mol. The third-order valence-corrected chi connectivity index (χ3v) is 4.67. The zero-order valence-corrected chi connectivity index (χ0v) is 13.9. The number of carbonyl (C=O) groups is 1. The van der Waals surface area contributed by atoms with E-state index in [0.717, 1.165) is 5.56 Å². The molecule has 128 valence electrons. The van der Waals surface area contributed by atoms with Crippen LogP contribution in [-0.4, -0.2) is 20.4 Å². The van der Waals surface area contributed by atoms with Crippen LogP contribution in [-0.2, 0) is 25.5 Å². The SMILES string of the molecule is Nc1cccc(CCC(N)CC(=O)OS(=O)(=O)c2ccccc2)c1. The molecule has 0 radical (unpaired) electrons. The molecule has 0 fully saturated rings. The van der Waals surface area contributed by atoms with Crippen molar-refractivity contribution in [3.63, 3.8) is 0 Å². The highest BCUT2D eigenvalue weighted by Gasteiger charge is 2.21. The summed E-state index contributed by atoms with van der Waals surface area (Å²) >= 11 is 0.